The molecule has 112 valence electrons. The molecule has 0 saturated heterocycles. The highest BCUT2D eigenvalue weighted by Crippen LogP contribution is 2.32. The Hall–Kier alpha value is -1.33. The maximum absolute atomic E-state index is 11.0. The number of primary amides is 1. The molecule has 1 heterocycles. The zero-order valence-electron chi connectivity index (χ0n) is 12.3. The Balaban J connectivity index is 1.87. The molecule has 1 atom stereocenters. The number of amides is 1. The van der Waals surface area contributed by atoms with Gasteiger partial charge in [0.05, 0.1) is 12.1 Å². The Bertz CT molecular complexity index is 596. The number of benzene rings is 1. The average Bonchev–Trinajstić information content (AvgIpc) is 2.77. The third-order valence-electron chi connectivity index (χ3n) is 3.19. The Morgan fingerprint density at radius 3 is 2.76 bits per heavy atom. The number of nitrogens with two attached hydrogens (primary N) is 1. The molecule has 21 heavy (non-hydrogen) atoms. The third-order valence-corrected chi connectivity index (χ3v) is 5.61. The fourth-order valence-corrected chi connectivity index (χ4v) is 4.58. The van der Waals surface area contributed by atoms with Crippen LogP contribution in [0.2, 0.25) is 0 Å². The van der Waals surface area contributed by atoms with E-state index in [0.29, 0.717) is 11.7 Å². The van der Waals surface area contributed by atoms with Crippen molar-refractivity contribution in [1.82, 2.24) is 4.98 Å². The van der Waals surface area contributed by atoms with Crippen LogP contribution in [0.4, 0.5) is 0 Å². The van der Waals surface area contributed by atoms with Crippen molar-refractivity contribution < 1.29 is 4.79 Å². The molecule has 0 radical (unpaired) electrons. The van der Waals surface area contributed by atoms with Gasteiger partial charge in [-0.2, -0.15) is 0 Å². The summed E-state index contributed by atoms with van der Waals surface area (Å²) in [6.45, 7) is 4.16. The van der Waals surface area contributed by atoms with Crippen LogP contribution in [-0.2, 0) is 17.6 Å². The summed E-state index contributed by atoms with van der Waals surface area (Å²) in [6.07, 6.45) is 2.48. The quantitative estimate of drug-likeness (QED) is 0.793. The van der Waals surface area contributed by atoms with Gasteiger partial charge in [0, 0.05) is 10.1 Å². The molecule has 5 heteroatoms. The van der Waals surface area contributed by atoms with E-state index in [9.17, 15) is 4.79 Å². The summed E-state index contributed by atoms with van der Waals surface area (Å²) in [7, 11) is 0. The van der Waals surface area contributed by atoms with Crippen LogP contribution >= 0.6 is 23.1 Å². The second-order valence-electron chi connectivity index (χ2n) is 5.08. The number of carbonyl (C=O) groups is 1. The van der Waals surface area contributed by atoms with Crippen molar-refractivity contribution >= 4 is 29.0 Å². The molecule has 2 N–H and O–H groups in total. The van der Waals surface area contributed by atoms with E-state index in [1.165, 1.54) is 5.56 Å². The maximum atomic E-state index is 11.0. The van der Waals surface area contributed by atoms with E-state index in [1.807, 2.05) is 13.0 Å². The van der Waals surface area contributed by atoms with Gasteiger partial charge in [-0.1, -0.05) is 49.0 Å². The molecule has 1 amide bonds. The van der Waals surface area contributed by atoms with E-state index < -0.39 is 0 Å². The topological polar surface area (TPSA) is 56.0 Å². The van der Waals surface area contributed by atoms with E-state index in [1.54, 1.807) is 23.1 Å². The summed E-state index contributed by atoms with van der Waals surface area (Å²) < 4.78 is 1.03. The minimum Gasteiger partial charge on any atom is -0.369 e. The highest BCUT2D eigenvalue weighted by molar-refractivity contribution is 8.01. The number of rotatable bonds is 7. The molecule has 2 rings (SSSR count). The van der Waals surface area contributed by atoms with Gasteiger partial charge in [0.1, 0.15) is 0 Å². The normalized spacial score (nSPS) is 12.3. The van der Waals surface area contributed by atoms with Gasteiger partial charge in [-0.3, -0.25) is 4.79 Å². The summed E-state index contributed by atoms with van der Waals surface area (Å²) in [5.41, 5.74) is 7.55. The fraction of sp³-hybridized carbons (Fsp3) is 0.375. The number of thioether (sulfide) groups is 1. The minimum atomic E-state index is -0.296. The molecule has 2 aromatic rings. The summed E-state index contributed by atoms with van der Waals surface area (Å²) in [6, 6.07) is 10.5. The van der Waals surface area contributed by atoms with E-state index in [0.717, 1.165) is 27.8 Å². The van der Waals surface area contributed by atoms with Gasteiger partial charge < -0.3 is 5.73 Å². The second kappa shape index (κ2) is 7.61. The third kappa shape index (κ3) is 5.17. The van der Waals surface area contributed by atoms with Gasteiger partial charge in [0.25, 0.3) is 0 Å². The number of carbonyl (C=O) groups excluding carboxylic acids is 1. The molecule has 0 bridgehead atoms. The monoisotopic (exact) mass is 320 g/mol. The van der Waals surface area contributed by atoms with Crippen molar-refractivity contribution in [2.75, 3.05) is 0 Å². The largest absolute Gasteiger partial charge is 0.369 e. The zero-order valence-corrected chi connectivity index (χ0v) is 14.0. The first kappa shape index (κ1) is 16.0. The van der Waals surface area contributed by atoms with Crippen molar-refractivity contribution in [3.05, 3.63) is 46.5 Å². The molecule has 0 aliphatic rings. The van der Waals surface area contributed by atoms with E-state index in [4.69, 9.17) is 5.73 Å². The van der Waals surface area contributed by atoms with Gasteiger partial charge in [-0.25, -0.2) is 4.98 Å². The van der Waals surface area contributed by atoms with Gasteiger partial charge in [0.15, 0.2) is 4.34 Å². The minimum absolute atomic E-state index is 0.294. The van der Waals surface area contributed by atoms with E-state index >= 15 is 0 Å². The fourth-order valence-electron chi connectivity index (χ4n) is 2.02. The van der Waals surface area contributed by atoms with Crippen LogP contribution in [0, 0.1) is 6.92 Å². The van der Waals surface area contributed by atoms with Crippen LogP contribution < -0.4 is 5.73 Å². The van der Waals surface area contributed by atoms with E-state index in [2.05, 4.69) is 36.2 Å². The number of hydrogen-bond acceptors (Lipinski definition) is 4. The number of nitrogens with zero attached hydrogens (tertiary/aromatic N) is 1. The Morgan fingerprint density at radius 1 is 1.38 bits per heavy atom. The van der Waals surface area contributed by atoms with Crippen LogP contribution in [0.25, 0.3) is 0 Å². The molecule has 1 aromatic carbocycles. The van der Waals surface area contributed by atoms with Crippen molar-refractivity contribution in [3.8, 4) is 0 Å². The molecule has 0 saturated carbocycles. The summed E-state index contributed by atoms with van der Waals surface area (Å²) in [5, 5.41) is 0.497. The first-order valence-corrected chi connectivity index (χ1v) is 8.69. The molecule has 0 spiro atoms. The SMILES string of the molecule is Cc1nc(S[C@@H](C)CCc2ccccc2)sc1CC(N)=O. The van der Waals surface area contributed by atoms with Crippen molar-refractivity contribution in [3.63, 3.8) is 0 Å². The van der Waals surface area contributed by atoms with Crippen molar-refractivity contribution in [1.29, 1.82) is 0 Å². The lowest BCUT2D eigenvalue weighted by Gasteiger charge is -2.08. The molecule has 0 aliphatic carbocycles. The summed E-state index contributed by atoms with van der Waals surface area (Å²) >= 11 is 3.37. The Labute approximate surface area is 134 Å². The lowest BCUT2D eigenvalue weighted by atomic mass is 10.1. The lowest BCUT2D eigenvalue weighted by molar-refractivity contribution is -0.117. The second-order valence-corrected chi connectivity index (χ2v) is 7.85. The lowest BCUT2D eigenvalue weighted by Crippen LogP contribution is -2.13. The molecular formula is C16H20N2OS2. The van der Waals surface area contributed by atoms with Crippen molar-refractivity contribution in [2.24, 2.45) is 5.73 Å². The van der Waals surface area contributed by atoms with Gasteiger partial charge >= 0.3 is 0 Å². The van der Waals surface area contributed by atoms with Crippen LogP contribution in [0.3, 0.4) is 0 Å². The molecule has 0 aliphatic heterocycles. The van der Waals surface area contributed by atoms with Crippen LogP contribution in [0.15, 0.2) is 34.7 Å². The van der Waals surface area contributed by atoms with Crippen LogP contribution in [0.5, 0.6) is 0 Å². The standard InChI is InChI=1S/C16H20N2OS2/c1-11(8-9-13-6-4-3-5-7-13)20-16-18-12(2)14(21-16)10-15(17)19/h3-7,11H,8-10H2,1-2H3,(H2,17,19)/t11-/m0/s1. The summed E-state index contributed by atoms with van der Waals surface area (Å²) in [5.74, 6) is -0.296. The Morgan fingerprint density at radius 2 is 2.10 bits per heavy atom. The molecule has 0 unspecified atom stereocenters. The molecular weight excluding hydrogens is 300 g/mol. The van der Waals surface area contributed by atoms with Crippen LogP contribution in [-0.4, -0.2) is 16.1 Å². The van der Waals surface area contributed by atoms with E-state index in [-0.39, 0.29) is 5.91 Å². The van der Waals surface area contributed by atoms with Gasteiger partial charge in [0.2, 0.25) is 5.91 Å². The smallest absolute Gasteiger partial charge is 0.222 e. The Kier molecular flexibility index (Phi) is 5.82. The predicted octanol–water partition coefficient (Wildman–Crippen LogP) is 3.59. The van der Waals surface area contributed by atoms with Gasteiger partial charge in [-0.05, 0) is 25.3 Å². The number of hydrogen-bond donors (Lipinski definition) is 1. The van der Waals surface area contributed by atoms with Gasteiger partial charge in [-0.15, -0.1) is 11.3 Å². The highest BCUT2D eigenvalue weighted by atomic mass is 32.2. The molecule has 0 fully saturated rings. The number of aromatic nitrogens is 1. The first-order valence-electron chi connectivity index (χ1n) is 7.00. The number of thiazole rings is 1. The zero-order chi connectivity index (χ0) is 15.2. The first-order chi connectivity index (χ1) is 10.0. The van der Waals surface area contributed by atoms with Crippen LogP contribution in [0.1, 0.15) is 29.5 Å². The molecule has 3 nitrogen and oxygen atoms in total. The van der Waals surface area contributed by atoms with Crippen molar-refractivity contribution in [2.45, 2.75) is 42.7 Å². The number of aryl methyl sites for hydroxylation is 2. The predicted molar refractivity (Wildman–Crippen MR) is 89.8 cm³/mol. The highest BCUT2D eigenvalue weighted by Gasteiger charge is 2.13. The summed E-state index contributed by atoms with van der Waals surface area (Å²) in [4.78, 5) is 16.5. The average molecular weight is 320 g/mol. The maximum Gasteiger partial charge on any atom is 0.222 e. The molecule has 1 aromatic heterocycles.